The summed E-state index contributed by atoms with van der Waals surface area (Å²) in [7, 11) is 0. The summed E-state index contributed by atoms with van der Waals surface area (Å²) in [6.45, 7) is -0.461. The largest absolute Gasteiger partial charge is 0.484 e. The molecule has 0 radical (unpaired) electrons. The summed E-state index contributed by atoms with van der Waals surface area (Å²) < 4.78 is 10.8. The molecule has 0 unspecified atom stereocenters. The van der Waals surface area contributed by atoms with Crippen LogP contribution in [0.2, 0.25) is 0 Å². The van der Waals surface area contributed by atoms with Gasteiger partial charge in [0.1, 0.15) is 11.5 Å². The number of nitrogens with zero attached hydrogens (tertiary/aromatic N) is 2. The van der Waals surface area contributed by atoms with Crippen LogP contribution in [-0.4, -0.2) is 45.2 Å². The van der Waals surface area contributed by atoms with Gasteiger partial charge in [0.2, 0.25) is 0 Å². The Morgan fingerprint density at radius 2 is 1.19 bits per heavy atom. The van der Waals surface area contributed by atoms with E-state index >= 15 is 0 Å². The number of thiocarbonyl (C=S) groups is 2. The van der Waals surface area contributed by atoms with Gasteiger partial charge in [0.25, 0.3) is 11.8 Å². The molecule has 2 aromatic heterocycles. The summed E-state index contributed by atoms with van der Waals surface area (Å²) >= 11 is 12.8. The van der Waals surface area contributed by atoms with Gasteiger partial charge < -0.3 is 20.1 Å². The van der Waals surface area contributed by atoms with Crippen molar-refractivity contribution in [3.05, 3.63) is 47.4 Å². The number of carbonyl (C=O) groups excluding carboxylic acids is 2. The quantitative estimate of drug-likeness (QED) is 0.337. The molecular weight excluding hydrogens is 493 g/mol. The van der Waals surface area contributed by atoms with E-state index in [1.807, 2.05) is 0 Å². The number of aromatic nitrogens is 2. The van der Waals surface area contributed by atoms with Gasteiger partial charge in [-0.25, -0.2) is 9.97 Å². The molecule has 2 amide bonds. The van der Waals surface area contributed by atoms with E-state index < -0.39 is 11.8 Å². The monoisotopic (exact) mass is 508 g/mol. The van der Waals surface area contributed by atoms with Crippen molar-refractivity contribution in [1.82, 2.24) is 20.6 Å². The second-order valence-corrected chi connectivity index (χ2v) is 8.33. The van der Waals surface area contributed by atoms with Crippen LogP contribution in [0.25, 0.3) is 0 Å². The van der Waals surface area contributed by atoms with Crippen LogP contribution < -0.4 is 30.7 Å². The van der Waals surface area contributed by atoms with E-state index in [1.54, 1.807) is 47.4 Å². The highest BCUT2D eigenvalue weighted by Crippen LogP contribution is 2.17. The van der Waals surface area contributed by atoms with Crippen molar-refractivity contribution < 1.29 is 19.1 Å². The Hall–Kier alpha value is -3.20. The van der Waals surface area contributed by atoms with E-state index in [4.69, 9.17) is 33.9 Å². The van der Waals surface area contributed by atoms with E-state index in [9.17, 15) is 9.59 Å². The average Bonchev–Trinajstić information content (AvgIpc) is 3.45. The van der Waals surface area contributed by atoms with Crippen molar-refractivity contribution in [3.8, 4) is 11.5 Å². The Balaban J connectivity index is 1.34. The van der Waals surface area contributed by atoms with Crippen molar-refractivity contribution in [2.75, 3.05) is 23.8 Å². The highest BCUT2D eigenvalue weighted by Gasteiger charge is 2.09. The summed E-state index contributed by atoms with van der Waals surface area (Å²) in [6.07, 6.45) is 3.24. The van der Waals surface area contributed by atoms with Crippen LogP contribution in [0.1, 0.15) is 0 Å². The summed E-state index contributed by atoms with van der Waals surface area (Å²) in [5.74, 6) is 0.0610. The van der Waals surface area contributed by atoms with Crippen molar-refractivity contribution in [3.63, 3.8) is 0 Å². The third-order valence-electron chi connectivity index (χ3n) is 3.38. The molecule has 0 saturated heterocycles. The first-order valence-corrected chi connectivity index (χ1v) is 11.4. The Bertz CT molecular complexity index is 973. The van der Waals surface area contributed by atoms with E-state index in [0.29, 0.717) is 21.8 Å². The first kappa shape index (κ1) is 23.5. The molecule has 0 bridgehead atoms. The Kier molecular flexibility index (Phi) is 8.79. The number of hydrogen-bond acceptors (Lipinski definition) is 10. The third kappa shape index (κ3) is 8.14. The Labute approximate surface area is 201 Å². The average molecular weight is 509 g/mol. The van der Waals surface area contributed by atoms with Crippen LogP contribution in [-0.2, 0) is 9.59 Å². The lowest BCUT2D eigenvalue weighted by Crippen LogP contribution is -2.37. The van der Waals surface area contributed by atoms with Gasteiger partial charge in [0.15, 0.2) is 33.7 Å². The number of anilines is 2. The second kappa shape index (κ2) is 12.0. The van der Waals surface area contributed by atoms with Crippen molar-refractivity contribution in [2.24, 2.45) is 0 Å². The zero-order valence-corrected chi connectivity index (χ0v) is 19.5. The molecule has 0 atom stereocenters. The molecule has 32 heavy (non-hydrogen) atoms. The second-order valence-electron chi connectivity index (χ2n) is 5.73. The van der Waals surface area contributed by atoms with Crippen LogP contribution in [0, 0.1) is 0 Å². The van der Waals surface area contributed by atoms with Gasteiger partial charge in [-0.3, -0.25) is 20.2 Å². The zero-order valence-electron chi connectivity index (χ0n) is 16.2. The first-order valence-electron chi connectivity index (χ1n) is 8.84. The lowest BCUT2D eigenvalue weighted by atomic mass is 10.3. The van der Waals surface area contributed by atoms with Crippen molar-refractivity contribution in [2.45, 2.75) is 0 Å². The van der Waals surface area contributed by atoms with Crippen LogP contribution in [0.3, 0.4) is 0 Å². The molecule has 1 aromatic carbocycles. The molecule has 0 aliphatic carbocycles. The summed E-state index contributed by atoms with van der Waals surface area (Å²) in [6, 6.07) is 6.45. The SMILES string of the molecule is O=C(COc1ccc(OCC(=O)NC(=S)Nc2nccs2)cc1)NC(=S)Nc1nccs1. The molecular formula is C18H16N6O4S4. The highest BCUT2D eigenvalue weighted by molar-refractivity contribution is 7.80. The minimum atomic E-state index is -0.418. The standard InChI is InChI=1S/C18H16N6O4S4/c25-13(21-15(29)23-17-19-5-7-31-17)9-27-11-1-2-12(4-3-11)28-10-14(26)22-16(30)24-18-20-6-8-32-18/h1-8H,9-10H2,(H2,19,21,23,25,29)(H2,20,22,24,26,30). The molecule has 10 nitrogen and oxygen atoms in total. The Morgan fingerprint density at radius 3 is 1.53 bits per heavy atom. The van der Waals surface area contributed by atoms with E-state index in [1.165, 1.54) is 22.7 Å². The van der Waals surface area contributed by atoms with Gasteiger partial charge in [0.05, 0.1) is 0 Å². The predicted octanol–water partition coefficient (Wildman–Crippen LogP) is 2.38. The van der Waals surface area contributed by atoms with E-state index in [0.717, 1.165) is 0 Å². The number of rotatable bonds is 8. The lowest BCUT2D eigenvalue weighted by Gasteiger charge is -2.10. The third-order valence-corrected chi connectivity index (χ3v) is 5.16. The van der Waals surface area contributed by atoms with Gasteiger partial charge in [-0.15, -0.1) is 22.7 Å². The van der Waals surface area contributed by atoms with Gasteiger partial charge >= 0.3 is 0 Å². The number of thiazole rings is 2. The molecule has 166 valence electrons. The minimum Gasteiger partial charge on any atom is -0.484 e. The summed E-state index contributed by atoms with van der Waals surface area (Å²) in [5, 5.41) is 15.6. The van der Waals surface area contributed by atoms with Gasteiger partial charge in [-0.2, -0.15) is 0 Å². The zero-order chi connectivity index (χ0) is 22.8. The fraction of sp³-hybridized carbons (Fsp3) is 0.111. The van der Waals surface area contributed by atoms with Crippen LogP contribution in [0.4, 0.5) is 10.3 Å². The topological polar surface area (TPSA) is 126 Å². The van der Waals surface area contributed by atoms with E-state index in [2.05, 4.69) is 31.2 Å². The highest BCUT2D eigenvalue weighted by atomic mass is 32.1. The van der Waals surface area contributed by atoms with Crippen molar-refractivity contribution >= 4 is 79.4 Å². The summed E-state index contributed by atoms with van der Waals surface area (Å²) in [5.41, 5.74) is 0. The predicted molar refractivity (Wildman–Crippen MR) is 130 cm³/mol. The number of hydrogen-bond donors (Lipinski definition) is 4. The van der Waals surface area contributed by atoms with Gasteiger partial charge in [-0.05, 0) is 48.7 Å². The fourth-order valence-corrected chi connectivity index (χ4v) is 3.70. The molecule has 0 aliphatic heterocycles. The maximum absolute atomic E-state index is 11.9. The van der Waals surface area contributed by atoms with Gasteiger partial charge in [0, 0.05) is 23.2 Å². The number of amides is 2. The minimum absolute atomic E-state index is 0.136. The fourth-order valence-electron chi connectivity index (χ4n) is 2.08. The maximum Gasteiger partial charge on any atom is 0.264 e. The number of benzene rings is 1. The van der Waals surface area contributed by atoms with Crippen LogP contribution in [0.15, 0.2) is 47.4 Å². The number of ether oxygens (including phenoxy) is 2. The van der Waals surface area contributed by atoms with Crippen LogP contribution >= 0.6 is 47.1 Å². The molecule has 2 heterocycles. The molecule has 0 fully saturated rings. The molecule has 4 N–H and O–H groups in total. The lowest BCUT2D eigenvalue weighted by molar-refractivity contribution is -0.122. The van der Waals surface area contributed by atoms with E-state index in [-0.39, 0.29) is 23.4 Å². The van der Waals surface area contributed by atoms with Crippen LogP contribution in [0.5, 0.6) is 11.5 Å². The molecule has 14 heteroatoms. The normalized spacial score (nSPS) is 10.0. The van der Waals surface area contributed by atoms with Crippen molar-refractivity contribution in [1.29, 1.82) is 0 Å². The Morgan fingerprint density at radius 1 is 0.781 bits per heavy atom. The first-order chi connectivity index (χ1) is 15.5. The summed E-state index contributed by atoms with van der Waals surface area (Å²) in [4.78, 5) is 31.9. The van der Waals surface area contributed by atoms with Gasteiger partial charge in [-0.1, -0.05) is 0 Å². The smallest absolute Gasteiger partial charge is 0.264 e. The number of nitrogens with one attached hydrogen (secondary N) is 4. The maximum atomic E-state index is 11.9. The molecule has 0 saturated carbocycles. The molecule has 3 rings (SSSR count). The molecule has 0 aliphatic rings. The molecule has 3 aromatic rings. The molecule has 0 spiro atoms. The number of carbonyl (C=O) groups is 2.